The number of carbonyl (C=O) groups excluding carboxylic acids is 1. The molecule has 6 rings (SSSR count). The molecule has 3 nitrogen and oxygen atoms in total. The van der Waals surface area contributed by atoms with Crippen LogP contribution in [0.2, 0.25) is 0 Å². The molecule has 2 aromatic carbocycles. The van der Waals surface area contributed by atoms with Gasteiger partial charge in [0.05, 0.1) is 0 Å². The lowest BCUT2D eigenvalue weighted by molar-refractivity contribution is -0.140. The van der Waals surface area contributed by atoms with Gasteiger partial charge in [-0.3, -0.25) is 4.79 Å². The lowest BCUT2D eigenvalue weighted by atomic mass is 9.43. The summed E-state index contributed by atoms with van der Waals surface area (Å²) >= 11 is 0. The van der Waals surface area contributed by atoms with Crippen LogP contribution in [-0.4, -0.2) is 17.5 Å². The van der Waals surface area contributed by atoms with E-state index in [4.69, 9.17) is 0 Å². The first kappa shape index (κ1) is 25.3. The summed E-state index contributed by atoms with van der Waals surface area (Å²) < 4.78 is 42.0. The van der Waals surface area contributed by atoms with Crippen LogP contribution in [0.1, 0.15) is 82.9 Å². The van der Waals surface area contributed by atoms with E-state index >= 15 is 0 Å². The van der Waals surface area contributed by atoms with Crippen LogP contribution in [0.15, 0.2) is 42.5 Å². The highest BCUT2D eigenvalue weighted by molar-refractivity contribution is 5.77. The fraction of sp³-hybridized carbons (Fsp3) is 0.567. The van der Waals surface area contributed by atoms with E-state index in [1.54, 1.807) is 0 Å². The largest absolute Gasteiger partial charge is 0.351 e. The quantitative estimate of drug-likeness (QED) is 0.402. The Morgan fingerprint density at radius 2 is 1.58 bits per heavy atom. The number of hydrogen-bond donors (Lipinski definition) is 2. The van der Waals surface area contributed by atoms with Crippen molar-refractivity contribution in [3.05, 3.63) is 71.0 Å². The smallest absolute Gasteiger partial charge is 0.222 e. The van der Waals surface area contributed by atoms with Gasteiger partial charge in [-0.25, -0.2) is 13.2 Å². The molecule has 0 saturated heterocycles. The van der Waals surface area contributed by atoms with Crippen molar-refractivity contribution in [2.75, 3.05) is 0 Å². The van der Waals surface area contributed by atoms with Crippen LogP contribution in [-0.2, 0) is 11.2 Å². The Balaban J connectivity index is 1.34. The van der Waals surface area contributed by atoms with Crippen molar-refractivity contribution in [2.24, 2.45) is 16.7 Å². The summed E-state index contributed by atoms with van der Waals surface area (Å²) in [6, 6.07) is 10.7. The van der Waals surface area contributed by atoms with E-state index in [1.807, 2.05) is 37.3 Å². The van der Waals surface area contributed by atoms with Crippen molar-refractivity contribution in [1.82, 2.24) is 10.6 Å². The Morgan fingerprint density at radius 3 is 2.22 bits per heavy atom. The van der Waals surface area contributed by atoms with E-state index in [2.05, 4.69) is 24.5 Å². The number of benzene rings is 2. The van der Waals surface area contributed by atoms with Crippen molar-refractivity contribution >= 4 is 5.91 Å². The van der Waals surface area contributed by atoms with Gasteiger partial charge in [-0.2, -0.15) is 0 Å². The van der Waals surface area contributed by atoms with E-state index in [9.17, 15) is 18.0 Å². The molecule has 2 aromatic rings. The van der Waals surface area contributed by atoms with Crippen molar-refractivity contribution in [3.8, 4) is 0 Å². The molecule has 194 valence electrons. The maximum atomic E-state index is 14.5. The molecule has 0 aromatic heterocycles. The fourth-order valence-corrected chi connectivity index (χ4v) is 8.52. The predicted octanol–water partition coefficient (Wildman–Crippen LogP) is 6.62. The van der Waals surface area contributed by atoms with Crippen LogP contribution >= 0.6 is 0 Å². The Kier molecular flexibility index (Phi) is 6.47. The molecule has 0 spiro atoms. The van der Waals surface area contributed by atoms with Gasteiger partial charge in [-0.1, -0.05) is 44.2 Å². The number of rotatable bonds is 8. The molecular weight excluding hydrogens is 461 g/mol. The van der Waals surface area contributed by atoms with Gasteiger partial charge in [0.2, 0.25) is 5.91 Å². The van der Waals surface area contributed by atoms with Crippen LogP contribution in [0.3, 0.4) is 0 Å². The molecule has 0 radical (unpaired) electrons. The second-order valence-corrected chi connectivity index (χ2v) is 12.7. The van der Waals surface area contributed by atoms with E-state index in [-0.39, 0.29) is 46.7 Å². The highest BCUT2D eigenvalue weighted by Crippen LogP contribution is 2.66. The van der Waals surface area contributed by atoms with Gasteiger partial charge in [0.15, 0.2) is 11.6 Å². The molecule has 4 aliphatic rings. The molecule has 0 heterocycles. The van der Waals surface area contributed by atoms with Crippen molar-refractivity contribution in [1.29, 1.82) is 0 Å². The van der Waals surface area contributed by atoms with Crippen LogP contribution in [0.4, 0.5) is 13.2 Å². The summed E-state index contributed by atoms with van der Waals surface area (Å²) in [6.45, 7) is 6.73. The molecular formula is C30H37F3N2O. The standard InChI is InChI=1S/C30H37F3N2O/c1-19(21-7-5-4-6-8-21)34-23(9-22-10-25(32)26(33)12-24(22)31)11-27(36)35-30-15-20-13-28(2,17-30)16-29(3,14-20)18-30/h4-8,10,12,19-20,23,34H,9,11,13-18H2,1-3H3,(H,35,36)/t19-,20?,23?,28?,29?,30?/m1/s1. The van der Waals surface area contributed by atoms with Crippen molar-refractivity contribution in [3.63, 3.8) is 0 Å². The molecule has 36 heavy (non-hydrogen) atoms. The zero-order valence-corrected chi connectivity index (χ0v) is 21.5. The van der Waals surface area contributed by atoms with Crippen molar-refractivity contribution < 1.29 is 18.0 Å². The molecule has 6 heteroatoms. The molecule has 0 aliphatic heterocycles. The minimum Gasteiger partial charge on any atom is -0.351 e. The third-order valence-electron chi connectivity index (χ3n) is 8.80. The minimum absolute atomic E-state index is 0.0642. The van der Waals surface area contributed by atoms with Crippen LogP contribution in [0, 0.1) is 34.2 Å². The third kappa shape index (κ3) is 5.20. The van der Waals surface area contributed by atoms with Gasteiger partial charge < -0.3 is 10.6 Å². The van der Waals surface area contributed by atoms with Crippen LogP contribution in [0.5, 0.6) is 0 Å². The zero-order valence-electron chi connectivity index (χ0n) is 21.5. The maximum absolute atomic E-state index is 14.5. The molecule has 4 atom stereocenters. The monoisotopic (exact) mass is 498 g/mol. The molecule has 1 amide bonds. The molecule has 4 aliphatic carbocycles. The van der Waals surface area contributed by atoms with Crippen LogP contribution < -0.4 is 10.6 Å². The van der Waals surface area contributed by atoms with E-state index in [0.717, 1.165) is 30.9 Å². The van der Waals surface area contributed by atoms with E-state index in [0.29, 0.717) is 12.0 Å². The van der Waals surface area contributed by atoms with Crippen molar-refractivity contribution in [2.45, 2.75) is 89.8 Å². The highest BCUT2D eigenvalue weighted by atomic mass is 19.2. The first-order valence-corrected chi connectivity index (χ1v) is 13.2. The Bertz CT molecular complexity index is 1120. The first-order chi connectivity index (χ1) is 17.0. The SMILES string of the molecule is C[C@@H](NC(CC(=O)NC12CC3CC(C)(CC(C)(C3)C1)C2)Cc1cc(F)c(F)cc1F)c1ccccc1. The molecule has 3 unspecified atom stereocenters. The van der Waals surface area contributed by atoms with Gasteiger partial charge in [0, 0.05) is 30.1 Å². The lowest BCUT2D eigenvalue weighted by Crippen LogP contribution is -2.65. The summed E-state index contributed by atoms with van der Waals surface area (Å²) in [4.78, 5) is 13.5. The second kappa shape index (κ2) is 9.20. The fourth-order valence-electron chi connectivity index (χ4n) is 8.52. The average Bonchev–Trinajstić information content (AvgIpc) is 2.75. The molecule has 4 fully saturated rings. The summed E-state index contributed by atoms with van der Waals surface area (Å²) in [5.74, 6) is -2.50. The number of nitrogens with one attached hydrogen (secondary N) is 2. The predicted molar refractivity (Wildman–Crippen MR) is 135 cm³/mol. The minimum atomic E-state index is -1.21. The average molecular weight is 499 g/mol. The second-order valence-electron chi connectivity index (χ2n) is 12.7. The summed E-state index contributed by atoms with van der Waals surface area (Å²) in [5, 5.41) is 6.89. The maximum Gasteiger partial charge on any atom is 0.222 e. The van der Waals surface area contributed by atoms with Gasteiger partial charge in [-0.15, -0.1) is 0 Å². The van der Waals surface area contributed by atoms with E-state index in [1.165, 1.54) is 19.3 Å². The van der Waals surface area contributed by atoms with Crippen LogP contribution in [0.25, 0.3) is 0 Å². The topological polar surface area (TPSA) is 41.1 Å². The Hall–Kier alpha value is -2.34. The summed E-state index contributed by atoms with van der Waals surface area (Å²) in [7, 11) is 0. The Morgan fingerprint density at radius 1 is 0.944 bits per heavy atom. The zero-order chi connectivity index (χ0) is 25.7. The van der Waals surface area contributed by atoms with Gasteiger partial charge in [-0.05, 0) is 85.8 Å². The highest BCUT2D eigenvalue weighted by Gasteiger charge is 2.60. The van der Waals surface area contributed by atoms with Gasteiger partial charge in [0.25, 0.3) is 0 Å². The number of halogens is 3. The molecule has 4 bridgehead atoms. The third-order valence-corrected chi connectivity index (χ3v) is 8.80. The molecule has 4 saturated carbocycles. The van der Waals surface area contributed by atoms with Gasteiger partial charge >= 0.3 is 0 Å². The number of hydrogen-bond acceptors (Lipinski definition) is 2. The normalized spacial score (nSPS) is 32.3. The summed E-state index contributed by atoms with van der Waals surface area (Å²) in [6.07, 6.45) is 6.97. The number of carbonyl (C=O) groups is 1. The number of amides is 1. The molecule has 2 N–H and O–H groups in total. The Labute approximate surface area is 212 Å². The summed E-state index contributed by atoms with van der Waals surface area (Å²) in [5.41, 5.74) is 1.47. The first-order valence-electron chi connectivity index (χ1n) is 13.2. The van der Waals surface area contributed by atoms with Gasteiger partial charge in [0.1, 0.15) is 5.82 Å². The van der Waals surface area contributed by atoms with E-state index < -0.39 is 23.5 Å². The lowest BCUT2D eigenvalue weighted by Gasteiger charge is -2.65.